The first kappa shape index (κ1) is 10.5. The van der Waals surface area contributed by atoms with Crippen LogP contribution in [0.15, 0.2) is 12.2 Å². The van der Waals surface area contributed by atoms with Crippen LogP contribution in [0.4, 0.5) is 0 Å². The maximum Gasteiger partial charge on any atom is 0.107 e. The second-order valence-electron chi connectivity index (χ2n) is 4.69. The number of rotatable bonds is 3. The molecule has 0 radical (unpaired) electrons. The zero-order chi connectivity index (χ0) is 10.8. The topological polar surface area (TPSA) is 24.9 Å². The number of nitrogens with zero attached hydrogens (tertiary/aromatic N) is 1. The van der Waals surface area contributed by atoms with Crippen LogP contribution in [0.5, 0.6) is 0 Å². The maximum absolute atomic E-state index is 4.71. The van der Waals surface area contributed by atoms with Crippen molar-refractivity contribution in [2.24, 2.45) is 0 Å². The molecular weight excluding hydrogens is 216 g/mol. The van der Waals surface area contributed by atoms with Crippen LogP contribution in [-0.4, -0.2) is 11.0 Å². The molecule has 0 bridgehead atoms. The number of hydrogen-bond donors (Lipinski definition) is 1. The molecule has 1 atom stereocenters. The molecule has 1 unspecified atom stereocenters. The number of allylic oxidation sites excluding steroid dienone is 1. The summed E-state index contributed by atoms with van der Waals surface area (Å²) in [6, 6.07) is 0.670. The molecule has 2 aliphatic carbocycles. The molecule has 3 rings (SSSR count). The quantitative estimate of drug-likeness (QED) is 0.813. The minimum absolute atomic E-state index is 0.670. The van der Waals surface area contributed by atoms with E-state index in [4.69, 9.17) is 4.98 Å². The van der Waals surface area contributed by atoms with Gasteiger partial charge in [0.1, 0.15) is 5.01 Å². The molecule has 0 fully saturated rings. The first-order valence-corrected chi connectivity index (χ1v) is 7.09. The number of thiazole rings is 1. The highest BCUT2D eigenvalue weighted by molar-refractivity contribution is 7.11. The molecule has 0 saturated heterocycles. The van der Waals surface area contributed by atoms with Crippen molar-refractivity contribution in [2.45, 2.75) is 51.1 Å². The second-order valence-corrected chi connectivity index (χ2v) is 5.86. The Bertz CT molecular complexity index is 373. The van der Waals surface area contributed by atoms with Crippen LogP contribution in [0.2, 0.25) is 0 Å². The van der Waals surface area contributed by atoms with Crippen LogP contribution >= 0.6 is 11.3 Å². The molecule has 1 heterocycles. The highest BCUT2D eigenvalue weighted by Crippen LogP contribution is 2.27. The summed E-state index contributed by atoms with van der Waals surface area (Å²) in [5.74, 6) is 0. The fourth-order valence-electron chi connectivity index (χ4n) is 2.53. The Morgan fingerprint density at radius 2 is 2.38 bits per heavy atom. The molecule has 0 amide bonds. The monoisotopic (exact) mass is 234 g/mol. The zero-order valence-electron chi connectivity index (χ0n) is 9.54. The van der Waals surface area contributed by atoms with Crippen molar-refractivity contribution < 1.29 is 0 Å². The average Bonchev–Trinajstić information content (AvgIpc) is 2.88. The molecule has 2 nitrogen and oxygen atoms in total. The number of fused-ring (bicyclic) bond motifs is 1. The molecule has 1 aromatic rings. The molecule has 0 saturated carbocycles. The lowest BCUT2D eigenvalue weighted by molar-refractivity contribution is 0.473. The maximum atomic E-state index is 4.71. The van der Waals surface area contributed by atoms with Crippen LogP contribution in [0.3, 0.4) is 0 Å². The van der Waals surface area contributed by atoms with E-state index in [-0.39, 0.29) is 0 Å². The van der Waals surface area contributed by atoms with E-state index < -0.39 is 0 Å². The van der Waals surface area contributed by atoms with Crippen LogP contribution < -0.4 is 5.32 Å². The van der Waals surface area contributed by atoms with Gasteiger partial charge in [0.05, 0.1) is 5.69 Å². The van der Waals surface area contributed by atoms with E-state index in [1.165, 1.54) is 49.2 Å². The van der Waals surface area contributed by atoms with Gasteiger partial charge in [0.25, 0.3) is 0 Å². The molecule has 1 aromatic heterocycles. The Balaban J connectivity index is 1.56. The summed E-state index contributed by atoms with van der Waals surface area (Å²) in [7, 11) is 0. The smallest absolute Gasteiger partial charge is 0.107 e. The van der Waals surface area contributed by atoms with Gasteiger partial charge in [-0.05, 0) is 38.5 Å². The molecule has 0 aliphatic heterocycles. The summed E-state index contributed by atoms with van der Waals surface area (Å²) in [6.07, 6.45) is 12.1. The number of aryl methyl sites for hydroxylation is 2. The Morgan fingerprint density at radius 1 is 1.38 bits per heavy atom. The molecule has 86 valence electrons. The Kier molecular flexibility index (Phi) is 3.06. The summed E-state index contributed by atoms with van der Waals surface area (Å²) in [5.41, 5.74) is 1.38. The van der Waals surface area contributed by atoms with Crippen LogP contribution in [0.25, 0.3) is 0 Å². The van der Waals surface area contributed by atoms with E-state index in [1.54, 1.807) is 4.88 Å². The van der Waals surface area contributed by atoms with Crippen LogP contribution in [-0.2, 0) is 19.4 Å². The number of nitrogens with one attached hydrogen (secondary N) is 1. The van der Waals surface area contributed by atoms with Gasteiger partial charge < -0.3 is 5.32 Å². The summed E-state index contributed by atoms with van der Waals surface area (Å²) >= 11 is 1.92. The Hall–Kier alpha value is -0.670. The second kappa shape index (κ2) is 4.68. The fourth-order valence-corrected chi connectivity index (χ4v) is 3.64. The van der Waals surface area contributed by atoms with Crippen LogP contribution in [0, 0.1) is 0 Å². The van der Waals surface area contributed by atoms with Gasteiger partial charge in [-0.2, -0.15) is 0 Å². The zero-order valence-corrected chi connectivity index (χ0v) is 10.4. The lowest BCUT2D eigenvalue weighted by Gasteiger charge is -2.18. The number of hydrogen-bond acceptors (Lipinski definition) is 3. The summed E-state index contributed by atoms with van der Waals surface area (Å²) in [4.78, 5) is 6.26. The fraction of sp³-hybridized carbons (Fsp3) is 0.615. The molecule has 0 spiro atoms. The van der Waals surface area contributed by atoms with Crippen molar-refractivity contribution in [3.8, 4) is 0 Å². The normalized spacial score (nSPS) is 23.6. The first-order valence-electron chi connectivity index (χ1n) is 6.27. The lowest BCUT2D eigenvalue weighted by Crippen LogP contribution is -2.29. The molecule has 3 heteroatoms. The first-order chi connectivity index (χ1) is 7.92. The molecule has 1 N–H and O–H groups in total. The lowest BCUT2D eigenvalue weighted by atomic mass is 10.0. The summed E-state index contributed by atoms with van der Waals surface area (Å²) in [5, 5.41) is 4.91. The third-order valence-electron chi connectivity index (χ3n) is 3.45. The average molecular weight is 234 g/mol. The Morgan fingerprint density at radius 3 is 3.19 bits per heavy atom. The minimum atomic E-state index is 0.670. The largest absolute Gasteiger partial charge is 0.307 e. The standard InChI is InChI=1S/C13H18N2S/c1-2-5-10(6-3-1)14-9-13-15-11-7-4-8-12(11)16-13/h1-2,10,14H,3-9H2. The molecular formula is C13H18N2S. The van der Waals surface area contributed by atoms with E-state index in [0.717, 1.165) is 6.54 Å². The van der Waals surface area contributed by atoms with E-state index >= 15 is 0 Å². The third kappa shape index (κ3) is 2.20. The van der Waals surface area contributed by atoms with Crippen molar-refractivity contribution >= 4 is 11.3 Å². The van der Waals surface area contributed by atoms with E-state index in [0.29, 0.717) is 6.04 Å². The van der Waals surface area contributed by atoms with Crippen molar-refractivity contribution in [1.29, 1.82) is 0 Å². The minimum Gasteiger partial charge on any atom is -0.307 e. The van der Waals surface area contributed by atoms with Gasteiger partial charge in [-0.1, -0.05) is 12.2 Å². The molecule has 0 aromatic carbocycles. The van der Waals surface area contributed by atoms with Gasteiger partial charge in [0.2, 0.25) is 0 Å². The highest BCUT2D eigenvalue weighted by Gasteiger charge is 2.17. The van der Waals surface area contributed by atoms with Gasteiger partial charge in [0, 0.05) is 17.5 Å². The van der Waals surface area contributed by atoms with Crippen LogP contribution in [0.1, 0.15) is 41.3 Å². The number of aromatic nitrogens is 1. The predicted octanol–water partition coefficient (Wildman–Crippen LogP) is 2.83. The van der Waals surface area contributed by atoms with Gasteiger partial charge in [-0.3, -0.25) is 0 Å². The molecule has 2 aliphatic rings. The third-order valence-corrected chi connectivity index (χ3v) is 4.61. The summed E-state index contributed by atoms with van der Waals surface area (Å²) in [6.45, 7) is 0.968. The van der Waals surface area contributed by atoms with Gasteiger partial charge in [-0.25, -0.2) is 4.98 Å². The van der Waals surface area contributed by atoms with Gasteiger partial charge in [-0.15, -0.1) is 11.3 Å². The van der Waals surface area contributed by atoms with Gasteiger partial charge >= 0.3 is 0 Å². The van der Waals surface area contributed by atoms with Crippen molar-refractivity contribution in [3.63, 3.8) is 0 Å². The van der Waals surface area contributed by atoms with Crippen molar-refractivity contribution in [1.82, 2.24) is 10.3 Å². The molecule has 16 heavy (non-hydrogen) atoms. The van der Waals surface area contributed by atoms with Crippen molar-refractivity contribution in [2.75, 3.05) is 0 Å². The van der Waals surface area contributed by atoms with E-state index in [2.05, 4.69) is 17.5 Å². The van der Waals surface area contributed by atoms with Gasteiger partial charge in [0.15, 0.2) is 0 Å². The highest BCUT2D eigenvalue weighted by atomic mass is 32.1. The SMILES string of the molecule is C1=CCC(NCc2nc3c(s2)CCC3)CC1. The Labute approximate surface area is 101 Å². The predicted molar refractivity (Wildman–Crippen MR) is 67.8 cm³/mol. The van der Waals surface area contributed by atoms with Crippen molar-refractivity contribution in [3.05, 3.63) is 27.7 Å². The van der Waals surface area contributed by atoms with E-state index in [1.807, 2.05) is 11.3 Å². The van der Waals surface area contributed by atoms with E-state index in [9.17, 15) is 0 Å². The summed E-state index contributed by atoms with van der Waals surface area (Å²) < 4.78 is 0.